The van der Waals surface area contributed by atoms with E-state index in [0.717, 1.165) is 16.7 Å². The lowest BCUT2D eigenvalue weighted by molar-refractivity contribution is -0.116. The molecule has 0 bridgehead atoms. The molecular formula is C30H33F2N3O4. The number of hydrogen-bond acceptors (Lipinski definition) is 5. The van der Waals surface area contributed by atoms with Crippen LogP contribution in [0.25, 0.3) is 0 Å². The first kappa shape index (κ1) is 28.2. The van der Waals surface area contributed by atoms with E-state index < -0.39 is 11.9 Å². The lowest BCUT2D eigenvalue weighted by Gasteiger charge is -2.30. The van der Waals surface area contributed by atoms with Crippen LogP contribution in [0.2, 0.25) is 0 Å². The number of morpholine rings is 1. The van der Waals surface area contributed by atoms with Crippen molar-refractivity contribution < 1.29 is 27.8 Å². The fraction of sp³-hybridized carbons (Fsp3) is 0.333. The number of ether oxygens (including phenoxy) is 2. The van der Waals surface area contributed by atoms with Crippen molar-refractivity contribution in [1.82, 2.24) is 5.32 Å². The van der Waals surface area contributed by atoms with Gasteiger partial charge >= 0.3 is 6.09 Å². The maximum Gasteiger partial charge on any atom is 0.404 e. The molecule has 0 aromatic heterocycles. The third-order valence-corrected chi connectivity index (χ3v) is 6.81. The Morgan fingerprint density at radius 1 is 1.10 bits per heavy atom. The van der Waals surface area contributed by atoms with Gasteiger partial charge in [0, 0.05) is 30.1 Å². The van der Waals surface area contributed by atoms with Crippen molar-refractivity contribution in [1.29, 1.82) is 0 Å². The highest BCUT2D eigenvalue weighted by molar-refractivity contribution is 5.92. The number of nitrogens with one attached hydrogen (secondary N) is 2. The highest BCUT2D eigenvalue weighted by atomic mass is 19.1. The number of nitrogens with two attached hydrogens (primary N) is 1. The summed E-state index contributed by atoms with van der Waals surface area (Å²) in [4.78, 5) is 24.0. The van der Waals surface area contributed by atoms with Crippen LogP contribution in [0.5, 0.6) is 0 Å². The van der Waals surface area contributed by atoms with Gasteiger partial charge in [0.1, 0.15) is 18.2 Å². The number of hydrogen-bond donors (Lipinski definition) is 3. The molecule has 0 spiro atoms. The number of benzene rings is 3. The van der Waals surface area contributed by atoms with Crippen molar-refractivity contribution in [2.75, 3.05) is 25.1 Å². The summed E-state index contributed by atoms with van der Waals surface area (Å²) in [6.07, 6.45) is -0.00821. The molecule has 1 aliphatic heterocycles. The Balaban J connectivity index is 1.41. The highest BCUT2D eigenvalue weighted by Crippen LogP contribution is 2.30. The average Bonchev–Trinajstić information content (AvgIpc) is 2.91. The molecule has 39 heavy (non-hydrogen) atoms. The van der Waals surface area contributed by atoms with Crippen molar-refractivity contribution in [3.05, 3.63) is 101 Å². The number of carbonyl (C=O) groups excluding carboxylic acids is 2. The summed E-state index contributed by atoms with van der Waals surface area (Å²) in [6, 6.07) is 18.5. The van der Waals surface area contributed by atoms with Crippen molar-refractivity contribution >= 4 is 17.7 Å². The number of halogens is 2. The van der Waals surface area contributed by atoms with Crippen molar-refractivity contribution in [2.45, 2.75) is 44.2 Å². The molecule has 0 radical (unpaired) electrons. The fourth-order valence-corrected chi connectivity index (χ4v) is 4.78. The molecule has 9 heteroatoms. The van der Waals surface area contributed by atoms with E-state index >= 15 is 0 Å². The molecule has 206 valence electrons. The van der Waals surface area contributed by atoms with E-state index in [1.807, 2.05) is 31.2 Å². The zero-order valence-corrected chi connectivity index (χ0v) is 21.8. The van der Waals surface area contributed by atoms with Crippen LogP contribution in [0, 0.1) is 18.6 Å². The molecular weight excluding hydrogens is 504 g/mol. The van der Waals surface area contributed by atoms with E-state index in [1.165, 1.54) is 18.2 Å². The molecule has 1 heterocycles. The standard InChI is InChI=1S/C30H33F2N3O4/c1-19-4-2-5-21(14-19)26(20-8-10-22(31)11-9-20)15-29(36)35-28-7-3-6-27(32)25(28)13-12-24-16-34-23(17-38-24)18-39-30(33)37/h2-11,14,23-24,26,34H,12-13,15-18H2,1H3,(H2,33,37)(H,35,36)/t23-,24+,26-/m0/s1. The second-order valence-corrected chi connectivity index (χ2v) is 9.77. The van der Waals surface area contributed by atoms with Gasteiger partial charge in [-0.05, 0) is 55.2 Å². The zero-order valence-electron chi connectivity index (χ0n) is 21.8. The summed E-state index contributed by atoms with van der Waals surface area (Å²) < 4.78 is 39.1. The Morgan fingerprint density at radius 3 is 2.56 bits per heavy atom. The molecule has 0 unspecified atom stereocenters. The largest absolute Gasteiger partial charge is 0.448 e. The average molecular weight is 538 g/mol. The van der Waals surface area contributed by atoms with Crippen LogP contribution in [0.15, 0.2) is 66.7 Å². The Hall–Kier alpha value is -3.82. The first-order chi connectivity index (χ1) is 18.8. The molecule has 1 aliphatic rings. The third-order valence-electron chi connectivity index (χ3n) is 6.81. The monoisotopic (exact) mass is 537 g/mol. The first-order valence-corrected chi connectivity index (χ1v) is 12.9. The number of carbonyl (C=O) groups is 2. The predicted molar refractivity (Wildman–Crippen MR) is 144 cm³/mol. The van der Waals surface area contributed by atoms with Gasteiger partial charge in [-0.15, -0.1) is 0 Å². The van der Waals surface area contributed by atoms with Crippen LogP contribution in [0.4, 0.5) is 19.3 Å². The maximum absolute atomic E-state index is 14.9. The van der Waals surface area contributed by atoms with Crippen molar-refractivity contribution in [2.24, 2.45) is 5.73 Å². The number of aryl methyl sites for hydroxylation is 1. The molecule has 4 rings (SSSR count). The Kier molecular flexibility index (Phi) is 9.62. The summed E-state index contributed by atoms with van der Waals surface area (Å²) in [5.41, 5.74) is 8.63. The third kappa shape index (κ3) is 8.08. The molecule has 1 saturated heterocycles. The van der Waals surface area contributed by atoms with Gasteiger partial charge in [0.15, 0.2) is 0 Å². The molecule has 0 aliphatic carbocycles. The van der Waals surface area contributed by atoms with Crippen molar-refractivity contribution in [3.63, 3.8) is 0 Å². The normalized spacial score (nSPS) is 17.8. The SMILES string of the molecule is Cc1cccc([C@@H](CC(=O)Nc2cccc(F)c2CC[C@@H]2CN[C@H](COC(N)=O)CO2)c2ccc(F)cc2)c1. The number of amides is 2. The lowest BCUT2D eigenvalue weighted by atomic mass is 9.87. The van der Waals surface area contributed by atoms with Gasteiger partial charge < -0.3 is 25.8 Å². The first-order valence-electron chi connectivity index (χ1n) is 12.9. The Bertz CT molecular complexity index is 1280. The summed E-state index contributed by atoms with van der Waals surface area (Å²) >= 11 is 0. The maximum atomic E-state index is 14.9. The number of rotatable bonds is 10. The molecule has 4 N–H and O–H groups in total. The van der Waals surface area contributed by atoms with E-state index in [4.69, 9.17) is 15.2 Å². The van der Waals surface area contributed by atoms with E-state index in [0.29, 0.717) is 37.2 Å². The second-order valence-electron chi connectivity index (χ2n) is 9.77. The lowest BCUT2D eigenvalue weighted by Crippen LogP contribution is -2.49. The fourth-order valence-electron chi connectivity index (χ4n) is 4.78. The van der Waals surface area contributed by atoms with E-state index in [9.17, 15) is 18.4 Å². The Labute approximate surface area is 226 Å². The smallest absolute Gasteiger partial charge is 0.404 e. The summed E-state index contributed by atoms with van der Waals surface area (Å²) in [7, 11) is 0. The van der Waals surface area contributed by atoms with Gasteiger partial charge in [0.2, 0.25) is 5.91 Å². The van der Waals surface area contributed by atoms with Crippen LogP contribution in [0.1, 0.15) is 41.0 Å². The van der Waals surface area contributed by atoms with Crippen LogP contribution in [-0.2, 0) is 20.7 Å². The highest BCUT2D eigenvalue weighted by Gasteiger charge is 2.24. The minimum absolute atomic E-state index is 0.107. The van der Waals surface area contributed by atoms with Gasteiger partial charge in [0.05, 0.1) is 18.8 Å². The zero-order chi connectivity index (χ0) is 27.8. The van der Waals surface area contributed by atoms with Crippen LogP contribution < -0.4 is 16.4 Å². The second kappa shape index (κ2) is 13.3. The topological polar surface area (TPSA) is 103 Å². The van der Waals surface area contributed by atoms with Gasteiger partial charge in [-0.1, -0.05) is 48.0 Å². The van der Waals surface area contributed by atoms with E-state index in [-0.39, 0.29) is 42.8 Å². The quantitative estimate of drug-likeness (QED) is 0.344. The molecule has 7 nitrogen and oxygen atoms in total. The van der Waals surface area contributed by atoms with Crippen LogP contribution >= 0.6 is 0 Å². The number of anilines is 1. The molecule has 0 saturated carbocycles. The molecule has 1 fully saturated rings. The molecule has 3 aromatic rings. The molecule has 3 aromatic carbocycles. The van der Waals surface area contributed by atoms with Gasteiger partial charge in [0.25, 0.3) is 0 Å². The van der Waals surface area contributed by atoms with Gasteiger partial charge in [-0.3, -0.25) is 4.79 Å². The van der Waals surface area contributed by atoms with Gasteiger partial charge in [-0.25, -0.2) is 13.6 Å². The predicted octanol–water partition coefficient (Wildman–Crippen LogP) is 4.82. The Morgan fingerprint density at radius 2 is 1.87 bits per heavy atom. The van der Waals surface area contributed by atoms with Crippen molar-refractivity contribution in [3.8, 4) is 0 Å². The van der Waals surface area contributed by atoms with E-state index in [1.54, 1.807) is 24.3 Å². The summed E-state index contributed by atoms with van der Waals surface area (Å²) in [5.74, 6) is -1.32. The number of primary amides is 1. The summed E-state index contributed by atoms with van der Waals surface area (Å²) in [6.45, 7) is 2.94. The minimum atomic E-state index is -0.837. The van der Waals surface area contributed by atoms with E-state index in [2.05, 4.69) is 10.6 Å². The summed E-state index contributed by atoms with van der Waals surface area (Å²) in [5, 5.41) is 6.14. The minimum Gasteiger partial charge on any atom is -0.448 e. The van der Waals surface area contributed by atoms with Crippen LogP contribution in [0.3, 0.4) is 0 Å². The van der Waals surface area contributed by atoms with Crippen LogP contribution in [-0.4, -0.2) is 43.9 Å². The molecule has 3 atom stereocenters. The van der Waals surface area contributed by atoms with Gasteiger partial charge in [-0.2, -0.15) is 0 Å². The molecule has 2 amide bonds.